The molecule has 3 rings (SSSR count). The van der Waals surface area contributed by atoms with Gasteiger partial charge < -0.3 is 15.5 Å². The van der Waals surface area contributed by atoms with E-state index in [0.29, 0.717) is 12.4 Å². The van der Waals surface area contributed by atoms with E-state index in [0.717, 1.165) is 42.5 Å². The summed E-state index contributed by atoms with van der Waals surface area (Å²) in [6.45, 7) is 3.05. The van der Waals surface area contributed by atoms with Gasteiger partial charge in [0.1, 0.15) is 5.82 Å². The molecule has 0 radical (unpaired) electrons. The molecule has 1 aliphatic rings. The standard InChI is InChI=1S/C16H22N6OS/c1-11-9-13(21-16-18-6-8-24-16)20-15(19-11)12-5-3-4-7-22(12)14(23)10-17-2/h6,8-9,12,17H,3-5,7,10H2,1-2H3,(H,18,19,20,21). The van der Waals surface area contributed by atoms with Gasteiger partial charge in [0.15, 0.2) is 11.0 Å². The topological polar surface area (TPSA) is 83.0 Å². The number of hydrogen-bond donors (Lipinski definition) is 2. The third-order valence-corrected chi connectivity index (χ3v) is 4.68. The van der Waals surface area contributed by atoms with Crippen LogP contribution in [0.25, 0.3) is 0 Å². The van der Waals surface area contributed by atoms with Crippen LogP contribution in [-0.2, 0) is 4.79 Å². The summed E-state index contributed by atoms with van der Waals surface area (Å²) in [7, 11) is 1.79. The molecule has 1 aliphatic heterocycles. The zero-order valence-corrected chi connectivity index (χ0v) is 14.8. The first-order chi connectivity index (χ1) is 11.7. The smallest absolute Gasteiger partial charge is 0.237 e. The highest BCUT2D eigenvalue weighted by Gasteiger charge is 2.29. The second kappa shape index (κ2) is 7.67. The second-order valence-corrected chi connectivity index (χ2v) is 6.74. The molecule has 2 aromatic heterocycles. The molecule has 7 nitrogen and oxygen atoms in total. The van der Waals surface area contributed by atoms with Crippen molar-refractivity contribution in [1.29, 1.82) is 0 Å². The van der Waals surface area contributed by atoms with Crippen LogP contribution in [0.5, 0.6) is 0 Å². The van der Waals surface area contributed by atoms with Crippen molar-refractivity contribution < 1.29 is 4.79 Å². The lowest BCUT2D eigenvalue weighted by atomic mass is 10.0. The number of nitrogens with one attached hydrogen (secondary N) is 2. The van der Waals surface area contributed by atoms with Crippen molar-refractivity contribution in [3.63, 3.8) is 0 Å². The summed E-state index contributed by atoms with van der Waals surface area (Å²) in [5, 5.41) is 8.86. The highest BCUT2D eigenvalue weighted by atomic mass is 32.1. The van der Waals surface area contributed by atoms with E-state index in [1.807, 2.05) is 23.3 Å². The summed E-state index contributed by atoms with van der Waals surface area (Å²) in [6.07, 6.45) is 4.76. The maximum atomic E-state index is 12.4. The highest BCUT2D eigenvalue weighted by molar-refractivity contribution is 7.13. The third kappa shape index (κ3) is 3.88. The van der Waals surface area contributed by atoms with E-state index >= 15 is 0 Å². The molecule has 1 fully saturated rings. The summed E-state index contributed by atoms with van der Waals surface area (Å²) in [5.74, 6) is 1.53. The Morgan fingerprint density at radius 1 is 1.42 bits per heavy atom. The van der Waals surface area contributed by atoms with E-state index in [1.165, 1.54) is 11.3 Å². The average Bonchev–Trinajstić information content (AvgIpc) is 3.07. The molecule has 0 bridgehead atoms. The maximum absolute atomic E-state index is 12.4. The van der Waals surface area contributed by atoms with Crippen LogP contribution < -0.4 is 10.6 Å². The van der Waals surface area contributed by atoms with Crippen molar-refractivity contribution in [3.8, 4) is 0 Å². The van der Waals surface area contributed by atoms with E-state index in [4.69, 9.17) is 0 Å². The van der Waals surface area contributed by atoms with Gasteiger partial charge in [-0.3, -0.25) is 4.79 Å². The Balaban J connectivity index is 1.86. The van der Waals surface area contributed by atoms with E-state index in [1.54, 1.807) is 13.2 Å². The van der Waals surface area contributed by atoms with Gasteiger partial charge in [-0.25, -0.2) is 15.0 Å². The summed E-state index contributed by atoms with van der Waals surface area (Å²) in [6, 6.07) is 1.84. The Bertz CT molecular complexity index is 690. The number of likely N-dealkylation sites (tertiary alicyclic amines) is 1. The van der Waals surface area contributed by atoms with Gasteiger partial charge in [0.05, 0.1) is 12.6 Å². The molecule has 1 amide bonds. The minimum Gasteiger partial charge on any atom is -0.331 e. The minimum absolute atomic E-state index is 0.0589. The third-order valence-electron chi connectivity index (χ3n) is 3.99. The van der Waals surface area contributed by atoms with Crippen LogP contribution in [0, 0.1) is 6.92 Å². The second-order valence-electron chi connectivity index (χ2n) is 5.84. The first-order valence-electron chi connectivity index (χ1n) is 8.13. The number of aryl methyl sites for hydroxylation is 1. The van der Waals surface area contributed by atoms with Gasteiger partial charge >= 0.3 is 0 Å². The largest absolute Gasteiger partial charge is 0.331 e. The Morgan fingerprint density at radius 3 is 3.04 bits per heavy atom. The molecule has 2 N–H and O–H groups in total. The summed E-state index contributed by atoms with van der Waals surface area (Å²) >= 11 is 1.52. The predicted octanol–water partition coefficient (Wildman–Crippen LogP) is 2.26. The summed E-state index contributed by atoms with van der Waals surface area (Å²) < 4.78 is 0. The molecule has 0 aromatic carbocycles. The Kier molecular flexibility index (Phi) is 5.37. The van der Waals surface area contributed by atoms with Crippen LogP contribution in [0.1, 0.15) is 36.8 Å². The molecule has 2 aromatic rings. The number of carbonyl (C=O) groups excluding carboxylic acids is 1. The molecule has 0 saturated carbocycles. The quantitative estimate of drug-likeness (QED) is 0.864. The van der Waals surface area contributed by atoms with Crippen molar-refractivity contribution in [1.82, 2.24) is 25.2 Å². The first kappa shape index (κ1) is 16.8. The zero-order valence-electron chi connectivity index (χ0n) is 14.0. The summed E-state index contributed by atoms with van der Waals surface area (Å²) in [4.78, 5) is 27.8. The molecule has 1 unspecified atom stereocenters. The maximum Gasteiger partial charge on any atom is 0.237 e. The van der Waals surface area contributed by atoms with Gasteiger partial charge in [-0.15, -0.1) is 11.3 Å². The molecular weight excluding hydrogens is 324 g/mol. The van der Waals surface area contributed by atoms with Crippen LogP contribution in [0.4, 0.5) is 10.9 Å². The zero-order chi connectivity index (χ0) is 16.9. The van der Waals surface area contributed by atoms with Crippen LogP contribution in [0.15, 0.2) is 17.6 Å². The molecule has 3 heterocycles. The van der Waals surface area contributed by atoms with E-state index in [9.17, 15) is 4.79 Å². The Morgan fingerprint density at radius 2 is 2.29 bits per heavy atom. The van der Waals surface area contributed by atoms with Crippen molar-refractivity contribution in [2.45, 2.75) is 32.2 Å². The fraction of sp³-hybridized carbons (Fsp3) is 0.500. The molecule has 0 spiro atoms. The summed E-state index contributed by atoms with van der Waals surface area (Å²) in [5.41, 5.74) is 0.880. The molecule has 128 valence electrons. The number of piperidine rings is 1. The molecule has 0 aliphatic carbocycles. The fourth-order valence-electron chi connectivity index (χ4n) is 2.95. The fourth-order valence-corrected chi connectivity index (χ4v) is 3.49. The van der Waals surface area contributed by atoms with Crippen molar-refractivity contribution in [3.05, 3.63) is 29.2 Å². The van der Waals surface area contributed by atoms with Crippen molar-refractivity contribution >= 4 is 28.2 Å². The van der Waals surface area contributed by atoms with E-state index in [2.05, 4.69) is 25.6 Å². The van der Waals surface area contributed by atoms with Gasteiger partial charge in [-0.05, 0) is 33.2 Å². The number of thiazole rings is 1. The Labute approximate surface area is 145 Å². The number of nitrogens with zero attached hydrogens (tertiary/aromatic N) is 4. The van der Waals surface area contributed by atoms with Crippen LogP contribution in [0.3, 0.4) is 0 Å². The number of amides is 1. The minimum atomic E-state index is -0.0589. The molecule has 1 saturated heterocycles. The lowest BCUT2D eigenvalue weighted by molar-refractivity contribution is -0.134. The monoisotopic (exact) mass is 346 g/mol. The lowest BCUT2D eigenvalue weighted by Gasteiger charge is -2.35. The SMILES string of the molecule is CNCC(=O)N1CCCCC1c1nc(C)cc(Nc2nccs2)n1. The Hall–Kier alpha value is -2.06. The van der Waals surface area contributed by atoms with Gasteiger partial charge in [0.2, 0.25) is 5.91 Å². The van der Waals surface area contributed by atoms with Crippen LogP contribution in [0.2, 0.25) is 0 Å². The van der Waals surface area contributed by atoms with Gasteiger partial charge in [-0.2, -0.15) is 0 Å². The number of hydrogen-bond acceptors (Lipinski definition) is 7. The number of carbonyl (C=O) groups is 1. The van der Waals surface area contributed by atoms with Gasteiger partial charge in [-0.1, -0.05) is 0 Å². The molecular formula is C16H22N6OS. The molecule has 24 heavy (non-hydrogen) atoms. The van der Waals surface area contributed by atoms with Gasteiger partial charge in [0, 0.05) is 29.9 Å². The van der Waals surface area contributed by atoms with Crippen LogP contribution >= 0.6 is 11.3 Å². The normalized spacial score (nSPS) is 17.8. The van der Waals surface area contributed by atoms with Crippen molar-refractivity contribution in [2.75, 3.05) is 25.5 Å². The first-order valence-corrected chi connectivity index (χ1v) is 9.01. The highest BCUT2D eigenvalue weighted by Crippen LogP contribution is 2.30. The number of anilines is 2. The van der Waals surface area contributed by atoms with Gasteiger partial charge in [0.25, 0.3) is 0 Å². The lowest BCUT2D eigenvalue weighted by Crippen LogP contribution is -2.43. The number of rotatable bonds is 5. The average molecular weight is 346 g/mol. The molecule has 8 heteroatoms. The predicted molar refractivity (Wildman–Crippen MR) is 94.4 cm³/mol. The van der Waals surface area contributed by atoms with Crippen molar-refractivity contribution in [2.24, 2.45) is 0 Å². The van der Waals surface area contributed by atoms with E-state index in [-0.39, 0.29) is 11.9 Å². The van der Waals surface area contributed by atoms with Crippen LogP contribution in [-0.4, -0.2) is 45.9 Å². The molecule has 1 atom stereocenters. The number of aromatic nitrogens is 3. The number of likely N-dealkylation sites (N-methyl/N-ethyl adjacent to an activating group) is 1. The van der Waals surface area contributed by atoms with E-state index < -0.39 is 0 Å².